The second-order valence-electron chi connectivity index (χ2n) is 4.40. The van der Waals surface area contributed by atoms with E-state index < -0.39 is 0 Å². The standard InChI is InChI=1S/C14H20FNOS/c1-11(2)18-10-14(17)16-9-5-7-12-6-3-4-8-13(12)15/h3-4,6,8,11H,5,7,9-10H2,1-2H3,(H,16,17). The van der Waals surface area contributed by atoms with E-state index in [9.17, 15) is 9.18 Å². The molecule has 18 heavy (non-hydrogen) atoms. The lowest BCUT2D eigenvalue weighted by Gasteiger charge is -2.07. The molecule has 1 N–H and O–H groups in total. The summed E-state index contributed by atoms with van der Waals surface area (Å²) >= 11 is 1.62. The predicted molar refractivity (Wildman–Crippen MR) is 75.3 cm³/mol. The number of aryl methyl sites for hydroxylation is 1. The first kappa shape index (κ1) is 15.0. The highest BCUT2D eigenvalue weighted by atomic mass is 32.2. The van der Waals surface area contributed by atoms with E-state index in [1.165, 1.54) is 6.07 Å². The van der Waals surface area contributed by atoms with Crippen LogP contribution in [0.4, 0.5) is 4.39 Å². The first-order chi connectivity index (χ1) is 8.59. The molecule has 1 amide bonds. The lowest BCUT2D eigenvalue weighted by atomic mass is 10.1. The highest BCUT2D eigenvalue weighted by Crippen LogP contribution is 2.09. The SMILES string of the molecule is CC(C)SCC(=O)NCCCc1ccccc1F. The monoisotopic (exact) mass is 269 g/mol. The molecule has 0 unspecified atom stereocenters. The molecule has 4 heteroatoms. The zero-order valence-corrected chi connectivity index (χ0v) is 11.7. The number of benzene rings is 1. The van der Waals surface area contributed by atoms with Crippen LogP contribution in [0.5, 0.6) is 0 Å². The van der Waals surface area contributed by atoms with Gasteiger partial charge in [-0.15, -0.1) is 11.8 Å². The van der Waals surface area contributed by atoms with Gasteiger partial charge in [-0.05, 0) is 29.7 Å². The molecule has 0 atom stereocenters. The van der Waals surface area contributed by atoms with E-state index in [4.69, 9.17) is 0 Å². The van der Waals surface area contributed by atoms with Gasteiger partial charge < -0.3 is 5.32 Å². The smallest absolute Gasteiger partial charge is 0.230 e. The molecule has 0 aliphatic carbocycles. The van der Waals surface area contributed by atoms with E-state index in [2.05, 4.69) is 19.2 Å². The van der Waals surface area contributed by atoms with Crippen molar-refractivity contribution in [2.24, 2.45) is 0 Å². The Balaban J connectivity index is 2.15. The second kappa shape index (κ2) is 8.14. The average Bonchev–Trinajstić information content (AvgIpc) is 2.34. The minimum atomic E-state index is -0.167. The molecule has 0 heterocycles. The summed E-state index contributed by atoms with van der Waals surface area (Å²) in [5, 5.41) is 3.31. The maximum Gasteiger partial charge on any atom is 0.230 e. The third-order valence-corrected chi connectivity index (χ3v) is 3.55. The Bertz CT molecular complexity index is 382. The van der Waals surface area contributed by atoms with Gasteiger partial charge in [0.05, 0.1) is 5.75 Å². The molecule has 1 aromatic rings. The van der Waals surface area contributed by atoms with Gasteiger partial charge in [-0.1, -0.05) is 32.0 Å². The lowest BCUT2D eigenvalue weighted by Crippen LogP contribution is -2.27. The molecule has 0 aliphatic rings. The number of rotatable bonds is 7. The summed E-state index contributed by atoms with van der Waals surface area (Å²) in [6.07, 6.45) is 1.42. The Hall–Kier alpha value is -1.03. The summed E-state index contributed by atoms with van der Waals surface area (Å²) in [5.41, 5.74) is 0.711. The number of carbonyl (C=O) groups is 1. The zero-order chi connectivity index (χ0) is 13.4. The summed E-state index contributed by atoms with van der Waals surface area (Å²) < 4.78 is 13.3. The molecule has 0 radical (unpaired) electrons. The zero-order valence-electron chi connectivity index (χ0n) is 10.9. The van der Waals surface area contributed by atoms with Crippen LogP contribution in [0.25, 0.3) is 0 Å². The van der Waals surface area contributed by atoms with Crippen molar-refractivity contribution >= 4 is 17.7 Å². The van der Waals surface area contributed by atoms with Crippen LogP contribution in [0, 0.1) is 5.82 Å². The van der Waals surface area contributed by atoms with E-state index >= 15 is 0 Å². The van der Waals surface area contributed by atoms with Crippen LogP contribution in [0.1, 0.15) is 25.8 Å². The Labute approximate surface area is 112 Å². The third-order valence-electron chi connectivity index (χ3n) is 2.45. The van der Waals surface area contributed by atoms with Crippen molar-refractivity contribution in [3.05, 3.63) is 35.6 Å². The summed E-state index contributed by atoms with van der Waals surface area (Å²) in [6, 6.07) is 6.76. The Kier molecular flexibility index (Phi) is 6.80. The van der Waals surface area contributed by atoms with Gasteiger partial charge in [0.15, 0.2) is 0 Å². The molecule has 0 aromatic heterocycles. The van der Waals surface area contributed by atoms with Gasteiger partial charge in [-0.25, -0.2) is 4.39 Å². The fourth-order valence-electron chi connectivity index (χ4n) is 1.50. The van der Waals surface area contributed by atoms with Gasteiger partial charge in [0, 0.05) is 6.54 Å². The molecule has 0 aliphatic heterocycles. The second-order valence-corrected chi connectivity index (χ2v) is 5.97. The van der Waals surface area contributed by atoms with Crippen LogP contribution in [0.3, 0.4) is 0 Å². The van der Waals surface area contributed by atoms with Crippen LogP contribution < -0.4 is 5.32 Å². The summed E-state index contributed by atoms with van der Waals surface area (Å²) in [5.74, 6) is 0.388. The normalized spacial score (nSPS) is 10.7. The summed E-state index contributed by atoms with van der Waals surface area (Å²) in [7, 11) is 0. The Morgan fingerprint density at radius 1 is 1.39 bits per heavy atom. The van der Waals surface area contributed by atoms with Crippen LogP contribution in [0.2, 0.25) is 0 Å². The molecule has 2 nitrogen and oxygen atoms in total. The molecule has 100 valence electrons. The third kappa shape index (κ3) is 6.05. The van der Waals surface area contributed by atoms with Gasteiger partial charge >= 0.3 is 0 Å². The predicted octanol–water partition coefficient (Wildman–Crippen LogP) is 3.02. The van der Waals surface area contributed by atoms with Gasteiger partial charge in [-0.2, -0.15) is 0 Å². The van der Waals surface area contributed by atoms with Crippen molar-refractivity contribution < 1.29 is 9.18 Å². The fraction of sp³-hybridized carbons (Fsp3) is 0.500. The van der Waals surface area contributed by atoms with Crippen molar-refractivity contribution in [2.75, 3.05) is 12.3 Å². The highest BCUT2D eigenvalue weighted by Gasteiger charge is 2.04. The average molecular weight is 269 g/mol. The number of hydrogen-bond donors (Lipinski definition) is 1. The highest BCUT2D eigenvalue weighted by molar-refractivity contribution is 8.00. The van der Waals surface area contributed by atoms with Crippen molar-refractivity contribution in [3.63, 3.8) is 0 Å². The number of thioether (sulfide) groups is 1. The van der Waals surface area contributed by atoms with Crippen LogP contribution in [0.15, 0.2) is 24.3 Å². The first-order valence-electron chi connectivity index (χ1n) is 6.21. The largest absolute Gasteiger partial charge is 0.355 e. The minimum absolute atomic E-state index is 0.0576. The van der Waals surface area contributed by atoms with E-state index in [0.29, 0.717) is 29.5 Å². The van der Waals surface area contributed by atoms with E-state index in [0.717, 1.165) is 6.42 Å². The van der Waals surface area contributed by atoms with Crippen molar-refractivity contribution in [1.82, 2.24) is 5.32 Å². The molecule has 0 bridgehead atoms. The van der Waals surface area contributed by atoms with E-state index in [-0.39, 0.29) is 11.7 Å². The number of carbonyl (C=O) groups excluding carboxylic acids is 1. The quantitative estimate of drug-likeness (QED) is 0.771. The number of amides is 1. The fourth-order valence-corrected chi connectivity index (χ4v) is 2.09. The molecule has 1 rings (SSSR count). The number of hydrogen-bond acceptors (Lipinski definition) is 2. The van der Waals surface area contributed by atoms with Crippen molar-refractivity contribution in [2.45, 2.75) is 31.9 Å². The Morgan fingerprint density at radius 2 is 2.11 bits per heavy atom. The molecule has 0 saturated heterocycles. The van der Waals surface area contributed by atoms with Gasteiger partial charge in [-0.3, -0.25) is 4.79 Å². The maximum atomic E-state index is 13.3. The molecule has 1 aromatic carbocycles. The van der Waals surface area contributed by atoms with Crippen molar-refractivity contribution in [1.29, 1.82) is 0 Å². The minimum Gasteiger partial charge on any atom is -0.355 e. The Morgan fingerprint density at radius 3 is 2.78 bits per heavy atom. The lowest BCUT2D eigenvalue weighted by molar-refractivity contribution is -0.118. The van der Waals surface area contributed by atoms with E-state index in [1.54, 1.807) is 23.9 Å². The van der Waals surface area contributed by atoms with Crippen LogP contribution in [-0.2, 0) is 11.2 Å². The van der Waals surface area contributed by atoms with Gasteiger partial charge in [0.2, 0.25) is 5.91 Å². The van der Waals surface area contributed by atoms with Gasteiger partial charge in [0.1, 0.15) is 5.82 Å². The van der Waals surface area contributed by atoms with Crippen molar-refractivity contribution in [3.8, 4) is 0 Å². The van der Waals surface area contributed by atoms with E-state index in [1.807, 2.05) is 6.07 Å². The number of nitrogens with one attached hydrogen (secondary N) is 1. The number of halogens is 1. The van der Waals surface area contributed by atoms with Crippen LogP contribution in [-0.4, -0.2) is 23.5 Å². The summed E-state index contributed by atoms with van der Waals surface area (Å²) in [4.78, 5) is 11.4. The maximum absolute atomic E-state index is 13.3. The molecular formula is C14H20FNOS. The van der Waals surface area contributed by atoms with Crippen LogP contribution >= 0.6 is 11.8 Å². The topological polar surface area (TPSA) is 29.1 Å². The molecule has 0 saturated carbocycles. The van der Waals surface area contributed by atoms with Gasteiger partial charge in [0.25, 0.3) is 0 Å². The molecule has 0 fully saturated rings. The molecule has 0 spiro atoms. The summed E-state index contributed by atoms with van der Waals surface area (Å²) in [6.45, 7) is 4.73. The molecular weight excluding hydrogens is 249 g/mol. The first-order valence-corrected chi connectivity index (χ1v) is 7.26.